The summed E-state index contributed by atoms with van der Waals surface area (Å²) in [6.45, 7) is 0. The predicted octanol–water partition coefficient (Wildman–Crippen LogP) is 3.63. The highest BCUT2D eigenvalue weighted by Gasteiger charge is 2.12. The maximum absolute atomic E-state index is 12.8. The van der Waals surface area contributed by atoms with Gasteiger partial charge in [-0.25, -0.2) is 4.39 Å². The van der Waals surface area contributed by atoms with Crippen LogP contribution in [0.1, 0.15) is 0 Å². The van der Waals surface area contributed by atoms with Gasteiger partial charge in [0.05, 0.1) is 11.4 Å². The molecule has 0 saturated carbocycles. The molecule has 3 rings (SSSR count). The van der Waals surface area contributed by atoms with Crippen molar-refractivity contribution in [2.45, 2.75) is 0 Å². The maximum Gasteiger partial charge on any atom is 0.292 e. The van der Waals surface area contributed by atoms with Gasteiger partial charge in [-0.3, -0.25) is 15.0 Å². The number of nitrogens with one attached hydrogen (secondary N) is 2. The first-order valence-electron chi connectivity index (χ1n) is 6.41. The van der Waals surface area contributed by atoms with Crippen molar-refractivity contribution in [2.75, 3.05) is 0 Å². The lowest BCUT2D eigenvalue weighted by atomic mass is 10.1. The number of nitrogens with zero attached hydrogens (tertiary/aromatic N) is 2. The van der Waals surface area contributed by atoms with Crippen molar-refractivity contribution in [1.82, 2.24) is 10.2 Å². The van der Waals surface area contributed by atoms with Gasteiger partial charge in [-0.05, 0) is 36.4 Å². The molecule has 0 saturated heterocycles. The summed E-state index contributed by atoms with van der Waals surface area (Å²) in [4.78, 5) is 11.8. The molecule has 22 heavy (non-hydrogen) atoms. The van der Waals surface area contributed by atoms with Crippen LogP contribution in [0.25, 0.3) is 11.3 Å². The number of rotatable bonds is 3. The molecule has 3 N–H and O–H groups in total. The van der Waals surface area contributed by atoms with Crippen LogP contribution < -0.4 is 5.56 Å². The molecular weight excluding hydrogens is 287 g/mol. The number of azo groups is 1. The van der Waals surface area contributed by atoms with Crippen LogP contribution >= 0.6 is 0 Å². The van der Waals surface area contributed by atoms with Crippen molar-refractivity contribution < 1.29 is 9.50 Å². The molecule has 7 heteroatoms. The summed E-state index contributed by atoms with van der Waals surface area (Å²) < 4.78 is 12.8. The summed E-state index contributed by atoms with van der Waals surface area (Å²) in [6, 6.07) is 11.8. The number of phenolic OH excluding ortho intramolecular Hbond substituents is 1. The molecule has 0 aliphatic heterocycles. The van der Waals surface area contributed by atoms with Gasteiger partial charge in [0.1, 0.15) is 11.6 Å². The third kappa shape index (κ3) is 2.78. The van der Waals surface area contributed by atoms with Crippen LogP contribution in [-0.2, 0) is 0 Å². The summed E-state index contributed by atoms with van der Waals surface area (Å²) in [7, 11) is 0. The van der Waals surface area contributed by atoms with Gasteiger partial charge in [0.2, 0.25) is 0 Å². The van der Waals surface area contributed by atoms with E-state index in [0.29, 0.717) is 16.9 Å². The summed E-state index contributed by atoms with van der Waals surface area (Å²) in [5, 5.41) is 22.5. The molecule has 0 aliphatic carbocycles. The van der Waals surface area contributed by atoms with Gasteiger partial charge >= 0.3 is 0 Å². The van der Waals surface area contributed by atoms with E-state index in [1.54, 1.807) is 12.1 Å². The molecule has 0 amide bonds. The van der Waals surface area contributed by atoms with E-state index in [9.17, 15) is 14.3 Å². The van der Waals surface area contributed by atoms with Crippen molar-refractivity contribution >= 4 is 11.4 Å². The lowest BCUT2D eigenvalue weighted by Gasteiger charge is -1.99. The Bertz CT molecular complexity index is 881. The third-order valence-corrected chi connectivity index (χ3v) is 2.98. The molecule has 2 aromatic carbocycles. The van der Waals surface area contributed by atoms with Crippen molar-refractivity contribution in [3.63, 3.8) is 0 Å². The molecule has 0 spiro atoms. The summed E-state index contributed by atoms with van der Waals surface area (Å²) >= 11 is 0. The predicted molar refractivity (Wildman–Crippen MR) is 79.1 cm³/mol. The lowest BCUT2D eigenvalue weighted by molar-refractivity contribution is 0.475. The van der Waals surface area contributed by atoms with Gasteiger partial charge in [-0.1, -0.05) is 12.1 Å². The van der Waals surface area contributed by atoms with Gasteiger partial charge in [0.25, 0.3) is 5.56 Å². The highest BCUT2D eigenvalue weighted by atomic mass is 19.1. The number of hydrogen-bond donors (Lipinski definition) is 3. The first-order chi connectivity index (χ1) is 10.6. The van der Waals surface area contributed by atoms with Crippen LogP contribution in [0, 0.1) is 5.82 Å². The molecule has 0 aliphatic rings. The van der Waals surface area contributed by atoms with E-state index in [4.69, 9.17) is 0 Å². The van der Waals surface area contributed by atoms with Gasteiger partial charge in [0, 0.05) is 5.56 Å². The summed E-state index contributed by atoms with van der Waals surface area (Å²) in [6.07, 6.45) is 0. The maximum atomic E-state index is 12.8. The van der Waals surface area contributed by atoms with Crippen LogP contribution in [0.15, 0.2) is 63.6 Å². The fourth-order valence-corrected chi connectivity index (χ4v) is 1.93. The molecule has 6 nitrogen and oxygen atoms in total. The quantitative estimate of drug-likeness (QED) is 0.644. The Morgan fingerprint density at radius 2 is 1.77 bits per heavy atom. The molecular formula is C15H11FN4O2. The second-order valence-corrected chi connectivity index (χ2v) is 4.53. The molecule has 0 fully saturated rings. The van der Waals surface area contributed by atoms with Crippen molar-refractivity contribution in [3.8, 4) is 17.0 Å². The van der Waals surface area contributed by atoms with Gasteiger partial charge in [-0.2, -0.15) is 5.11 Å². The van der Waals surface area contributed by atoms with Crippen molar-refractivity contribution in [2.24, 2.45) is 10.2 Å². The van der Waals surface area contributed by atoms with Crippen LogP contribution in [0.2, 0.25) is 0 Å². The van der Waals surface area contributed by atoms with E-state index < -0.39 is 5.56 Å². The van der Waals surface area contributed by atoms with E-state index in [2.05, 4.69) is 20.4 Å². The number of aromatic amines is 2. The van der Waals surface area contributed by atoms with E-state index in [1.165, 1.54) is 36.4 Å². The Morgan fingerprint density at radius 1 is 1.00 bits per heavy atom. The number of H-pyrrole nitrogens is 2. The second-order valence-electron chi connectivity index (χ2n) is 4.53. The zero-order chi connectivity index (χ0) is 15.5. The van der Waals surface area contributed by atoms with Crippen LogP contribution in [0.5, 0.6) is 5.75 Å². The van der Waals surface area contributed by atoms with Gasteiger partial charge in [-0.15, -0.1) is 5.11 Å². The minimum absolute atomic E-state index is 0.0703. The standard InChI is InChI=1S/C15H11FN4O2/c16-10-4-6-11(7-5-10)17-19-14-13(18-20-15(14)22)9-2-1-3-12(21)8-9/h1-8,21H,(H2,18,20,22). The highest BCUT2D eigenvalue weighted by Crippen LogP contribution is 2.28. The largest absolute Gasteiger partial charge is 0.508 e. The summed E-state index contributed by atoms with van der Waals surface area (Å²) in [5.41, 5.74) is 1.06. The van der Waals surface area contributed by atoms with Crippen LogP contribution in [0.4, 0.5) is 15.8 Å². The van der Waals surface area contributed by atoms with E-state index in [1.807, 2.05) is 0 Å². The first kappa shape index (κ1) is 13.7. The third-order valence-electron chi connectivity index (χ3n) is 2.98. The minimum Gasteiger partial charge on any atom is -0.508 e. The Labute approximate surface area is 124 Å². The smallest absolute Gasteiger partial charge is 0.292 e. The molecule has 0 unspecified atom stereocenters. The normalized spacial score (nSPS) is 11.1. The lowest BCUT2D eigenvalue weighted by Crippen LogP contribution is -1.96. The minimum atomic E-state index is -0.441. The molecule has 3 aromatic rings. The SMILES string of the molecule is O=c1[nH][nH]c(-c2cccc(O)c2)c1N=Nc1ccc(F)cc1. The molecule has 110 valence electrons. The molecule has 0 atom stereocenters. The van der Waals surface area contributed by atoms with Crippen LogP contribution in [-0.4, -0.2) is 15.3 Å². The Hall–Kier alpha value is -3.22. The topological polar surface area (TPSA) is 93.6 Å². The fourth-order valence-electron chi connectivity index (χ4n) is 1.93. The van der Waals surface area contributed by atoms with Gasteiger partial charge < -0.3 is 5.11 Å². The number of aromatic hydroxyl groups is 1. The zero-order valence-corrected chi connectivity index (χ0v) is 11.2. The van der Waals surface area contributed by atoms with Crippen molar-refractivity contribution in [3.05, 3.63) is 64.7 Å². The van der Waals surface area contributed by atoms with Crippen LogP contribution in [0.3, 0.4) is 0 Å². The molecule has 0 bridgehead atoms. The second kappa shape index (κ2) is 5.65. The van der Waals surface area contributed by atoms with E-state index in [0.717, 1.165) is 0 Å². The number of halogens is 1. The first-order valence-corrected chi connectivity index (χ1v) is 6.41. The summed E-state index contributed by atoms with van der Waals surface area (Å²) in [5.74, 6) is -0.306. The Balaban J connectivity index is 1.99. The number of hydrogen-bond acceptors (Lipinski definition) is 4. The Kier molecular flexibility index (Phi) is 3.53. The fraction of sp³-hybridized carbons (Fsp3) is 0. The average Bonchev–Trinajstić information content (AvgIpc) is 2.88. The van der Waals surface area contributed by atoms with E-state index >= 15 is 0 Å². The van der Waals surface area contributed by atoms with Crippen molar-refractivity contribution in [1.29, 1.82) is 0 Å². The number of aromatic nitrogens is 2. The zero-order valence-electron chi connectivity index (χ0n) is 11.2. The van der Waals surface area contributed by atoms with E-state index in [-0.39, 0.29) is 17.3 Å². The molecule has 0 radical (unpaired) electrons. The molecule has 1 aromatic heterocycles. The number of phenols is 1. The number of benzene rings is 2. The average molecular weight is 298 g/mol. The van der Waals surface area contributed by atoms with Gasteiger partial charge in [0.15, 0.2) is 5.69 Å². The highest BCUT2D eigenvalue weighted by molar-refractivity contribution is 5.72. The Morgan fingerprint density at radius 3 is 2.50 bits per heavy atom. The molecule has 1 heterocycles. The monoisotopic (exact) mass is 298 g/mol.